The molecule has 0 aliphatic heterocycles. The molecular formula is C23H15F7N2O5. The number of benzene rings is 2. The van der Waals surface area contributed by atoms with Crippen molar-refractivity contribution >= 4 is 17.4 Å². The fourth-order valence-corrected chi connectivity index (χ4v) is 2.94. The summed E-state index contributed by atoms with van der Waals surface area (Å²) in [6, 6.07) is 4.78. The normalized spacial score (nSPS) is 13.1. The van der Waals surface area contributed by atoms with E-state index < -0.39 is 71.2 Å². The zero-order valence-electron chi connectivity index (χ0n) is 21.3. The van der Waals surface area contributed by atoms with Crippen molar-refractivity contribution in [1.82, 2.24) is 4.98 Å². The van der Waals surface area contributed by atoms with E-state index in [0.29, 0.717) is 24.3 Å². The number of hydrogen-bond donors (Lipinski definition) is 1. The van der Waals surface area contributed by atoms with Crippen LogP contribution in [0.25, 0.3) is 0 Å². The van der Waals surface area contributed by atoms with Gasteiger partial charge in [-0.15, -0.1) is 13.2 Å². The zero-order valence-corrected chi connectivity index (χ0v) is 18.3. The molecule has 1 aromatic heterocycles. The second kappa shape index (κ2) is 10.3. The number of nitrogens with one attached hydrogen (secondary N) is 1. The molecule has 1 amide bonds. The highest BCUT2D eigenvalue weighted by atomic mass is 19.4. The molecule has 0 unspecified atom stereocenters. The predicted molar refractivity (Wildman–Crippen MR) is 113 cm³/mol. The van der Waals surface area contributed by atoms with Crippen LogP contribution in [0.4, 0.5) is 36.4 Å². The van der Waals surface area contributed by atoms with E-state index >= 15 is 4.39 Å². The average molecular weight is 535 g/mol. The van der Waals surface area contributed by atoms with Crippen LogP contribution in [0.1, 0.15) is 37.4 Å². The van der Waals surface area contributed by atoms with Crippen molar-refractivity contribution in [3.63, 3.8) is 0 Å². The first-order valence-electron chi connectivity index (χ1n) is 11.3. The lowest BCUT2D eigenvalue weighted by atomic mass is 10.1. The van der Waals surface area contributed by atoms with Gasteiger partial charge in [0, 0.05) is 24.9 Å². The number of aromatic nitrogens is 1. The summed E-state index contributed by atoms with van der Waals surface area (Å²) in [5.41, 5.74) is -3.47. The van der Waals surface area contributed by atoms with Gasteiger partial charge in [-0.3, -0.25) is 14.6 Å². The van der Waals surface area contributed by atoms with Gasteiger partial charge in [-0.2, -0.15) is 13.2 Å². The topological polar surface area (TPSA) is 86.8 Å². The summed E-state index contributed by atoms with van der Waals surface area (Å²) in [7, 11) is -3.25. The number of halogens is 7. The monoisotopic (exact) mass is 535 g/mol. The van der Waals surface area contributed by atoms with Crippen molar-refractivity contribution in [2.75, 3.05) is 12.4 Å². The number of anilines is 1. The van der Waals surface area contributed by atoms with Crippen LogP contribution in [-0.4, -0.2) is 30.1 Å². The molecule has 0 atom stereocenters. The first-order chi connectivity index (χ1) is 18.3. The molecule has 1 N–H and O–H groups in total. The number of ketones is 1. The number of carbonyl (C=O) groups excluding carboxylic acids is 2. The third-order valence-electron chi connectivity index (χ3n) is 4.49. The molecule has 0 bridgehead atoms. The summed E-state index contributed by atoms with van der Waals surface area (Å²) in [6.07, 6.45) is -9.35. The van der Waals surface area contributed by atoms with Gasteiger partial charge in [0.2, 0.25) is 0 Å². The van der Waals surface area contributed by atoms with Gasteiger partial charge < -0.3 is 19.5 Å². The molecule has 3 aromatic rings. The third kappa shape index (κ3) is 6.65. The van der Waals surface area contributed by atoms with Crippen molar-refractivity contribution in [3.8, 4) is 23.0 Å². The molecule has 196 valence electrons. The highest BCUT2D eigenvalue weighted by Gasteiger charge is 2.38. The van der Waals surface area contributed by atoms with Crippen LogP contribution in [0.15, 0.2) is 48.7 Å². The smallest absolute Gasteiger partial charge is 0.493 e. The van der Waals surface area contributed by atoms with Gasteiger partial charge in [-0.05, 0) is 36.4 Å². The number of Topliss-reactive ketones (excluding diaryl/α,β-unsaturated/α-hetero) is 1. The molecule has 0 saturated carbocycles. The minimum absolute atomic E-state index is 0.133. The number of hydrogen-bond acceptors (Lipinski definition) is 6. The quantitative estimate of drug-likeness (QED) is 0.279. The van der Waals surface area contributed by atoms with Crippen LogP contribution < -0.4 is 19.5 Å². The maximum atomic E-state index is 15.1. The van der Waals surface area contributed by atoms with E-state index in [1.807, 2.05) is 0 Å². The maximum absolute atomic E-state index is 15.1. The molecule has 0 spiro atoms. The van der Waals surface area contributed by atoms with Crippen LogP contribution in [0.3, 0.4) is 0 Å². The SMILES string of the molecule is [2H]C([2H])([2H])Oc1cc(OC(F)(F)F)ccc1Oc1ccc(C(F)(F)F)c(F)c1C(=O)Nc1ccnc(C(C)=O)c1. The Balaban J connectivity index is 2.11. The number of pyridine rings is 1. The van der Waals surface area contributed by atoms with Gasteiger partial charge in [0.25, 0.3) is 5.91 Å². The molecule has 0 saturated heterocycles. The second-order valence-corrected chi connectivity index (χ2v) is 7.10. The Labute approximate surface area is 208 Å². The molecule has 1 heterocycles. The van der Waals surface area contributed by atoms with Gasteiger partial charge >= 0.3 is 12.5 Å². The fourth-order valence-electron chi connectivity index (χ4n) is 2.94. The zero-order chi connectivity index (χ0) is 30.0. The summed E-state index contributed by atoms with van der Waals surface area (Å²) in [4.78, 5) is 28.2. The Morgan fingerprint density at radius 2 is 1.68 bits per heavy atom. The number of carbonyl (C=O) groups is 2. The van der Waals surface area contributed by atoms with Gasteiger partial charge in [-0.1, -0.05) is 0 Å². The van der Waals surface area contributed by atoms with E-state index in [-0.39, 0.29) is 17.4 Å². The Morgan fingerprint density at radius 3 is 2.30 bits per heavy atom. The average Bonchev–Trinajstić information content (AvgIpc) is 2.78. The van der Waals surface area contributed by atoms with E-state index in [9.17, 15) is 35.9 Å². The van der Waals surface area contributed by atoms with E-state index in [2.05, 4.69) is 19.8 Å². The first-order valence-corrected chi connectivity index (χ1v) is 9.79. The molecule has 3 rings (SSSR count). The summed E-state index contributed by atoms with van der Waals surface area (Å²) in [6.45, 7) is 1.15. The molecule has 0 fully saturated rings. The largest absolute Gasteiger partial charge is 0.573 e. The third-order valence-corrected chi connectivity index (χ3v) is 4.49. The van der Waals surface area contributed by atoms with Gasteiger partial charge in [0.1, 0.15) is 22.8 Å². The lowest BCUT2D eigenvalue weighted by molar-refractivity contribution is -0.274. The predicted octanol–water partition coefficient (Wildman–Crippen LogP) is 6.39. The molecule has 0 aliphatic rings. The van der Waals surface area contributed by atoms with Crippen molar-refractivity contribution in [3.05, 3.63) is 71.3 Å². The highest BCUT2D eigenvalue weighted by molar-refractivity contribution is 6.07. The molecule has 14 heteroatoms. The van der Waals surface area contributed by atoms with E-state index in [0.717, 1.165) is 25.3 Å². The van der Waals surface area contributed by atoms with Crippen molar-refractivity contribution < 1.29 is 58.6 Å². The van der Waals surface area contributed by atoms with Crippen molar-refractivity contribution in [2.24, 2.45) is 0 Å². The van der Waals surface area contributed by atoms with Crippen LogP contribution in [0.5, 0.6) is 23.0 Å². The molecule has 7 nitrogen and oxygen atoms in total. The summed E-state index contributed by atoms with van der Waals surface area (Å²) < 4.78 is 128. The standard InChI is InChI=1S/C23H15F7N2O5/c1-11(33)15-9-12(7-8-31-15)32-21(34)19-17(6-4-14(20(19)24)22(25,26)27)36-16-5-3-13(10-18(16)35-2)37-23(28,29)30/h3-10H,1-2H3,(H,31,32,34)/i2D3. The van der Waals surface area contributed by atoms with E-state index in [1.165, 1.54) is 0 Å². The second-order valence-electron chi connectivity index (χ2n) is 7.10. The lowest BCUT2D eigenvalue weighted by Crippen LogP contribution is -2.19. The molecule has 0 radical (unpaired) electrons. The number of rotatable bonds is 7. The molecular weight excluding hydrogens is 517 g/mol. The van der Waals surface area contributed by atoms with Crippen molar-refractivity contribution in [2.45, 2.75) is 19.5 Å². The number of amides is 1. The van der Waals surface area contributed by atoms with Gasteiger partial charge in [-0.25, -0.2) is 4.39 Å². The number of ether oxygens (including phenoxy) is 3. The Hall–Kier alpha value is -4.36. The highest BCUT2D eigenvalue weighted by Crippen LogP contribution is 2.40. The van der Waals surface area contributed by atoms with Crippen LogP contribution in [0.2, 0.25) is 0 Å². The van der Waals surface area contributed by atoms with Gasteiger partial charge in [0.05, 0.1) is 16.7 Å². The van der Waals surface area contributed by atoms with Crippen LogP contribution in [0, 0.1) is 5.82 Å². The summed E-state index contributed by atoms with van der Waals surface area (Å²) in [5.74, 6) is -7.58. The molecule has 2 aromatic carbocycles. The Kier molecular flexibility index (Phi) is 6.44. The summed E-state index contributed by atoms with van der Waals surface area (Å²) in [5, 5.41) is 2.10. The Morgan fingerprint density at radius 1 is 0.973 bits per heavy atom. The van der Waals surface area contributed by atoms with Crippen LogP contribution in [-0.2, 0) is 6.18 Å². The lowest BCUT2D eigenvalue weighted by Gasteiger charge is -2.18. The summed E-state index contributed by atoms with van der Waals surface area (Å²) >= 11 is 0. The Bertz CT molecular complexity index is 1440. The number of nitrogens with zero attached hydrogens (tertiary/aromatic N) is 1. The number of alkyl halides is 6. The molecule has 0 aliphatic carbocycles. The first kappa shape index (κ1) is 23.1. The van der Waals surface area contributed by atoms with Crippen molar-refractivity contribution in [1.29, 1.82) is 0 Å². The maximum Gasteiger partial charge on any atom is 0.573 e. The minimum Gasteiger partial charge on any atom is -0.493 e. The molecule has 37 heavy (non-hydrogen) atoms. The van der Waals surface area contributed by atoms with E-state index in [4.69, 9.17) is 8.85 Å². The van der Waals surface area contributed by atoms with Gasteiger partial charge in [0.15, 0.2) is 23.1 Å². The number of methoxy groups -OCH3 is 1. The fraction of sp³-hybridized carbons (Fsp3) is 0.174. The van der Waals surface area contributed by atoms with E-state index in [1.54, 1.807) is 0 Å². The minimum atomic E-state index is -5.26. The van der Waals surface area contributed by atoms with Crippen LogP contribution >= 0.6 is 0 Å².